The number of alkyl halides is 3. The standard InChI is InChI=1S/C14H15FN2O.C2HF3O2/c15-9-1-2-13-12(7-9)10(4-6-17-13)11-3-5-16-8-14(11)18;3-2(4,5)1(6)7/h1-2,4,6-7,11,14,16,18H,3,5,8H2;(H,6,7)/t11-,14-;/m1./s1. The molecule has 9 heteroatoms. The van der Waals surface area contributed by atoms with Crippen molar-refractivity contribution < 1.29 is 32.6 Å². The quantitative estimate of drug-likeness (QED) is 0.681. The number of rotatable bonds is 1. The lowest BCUT2D eigenvalue weighted by Gasteiger charge is -2.29. The third kappa shape index (κ3) is 4.86. The predicted octanol–water partition coefficient (Wildman–Crippen LogP) is 2.45. The van der Waals surface area contributed by atoms with Crippen molar-refractivity contribution in [1.29, 1.82) is 0 Å². The van der Waals surface area contributed by atoms with Crippen LogP contribution in [0.5, 0.6) is 0 Å². The highest BCUT2D eigenvalue weighted by Crippen LogP contribution is 2.31. The average molecular weight is 360 g/mol. The second-order valence-corrected chi connectivity index (χ2v) is 5.53. The molecule has 136 valence electrons. The summed E-state index contributed by atoms with van der Waals surface area (Å²) in [7, 11) is 0. The average Bonchev–Trinajstić information content (AvgIpc) is 2.54. The molecule has 0 saturated carbocycles. The number of carbonyl (C=O) groups is 1. The van der Waals surface area contributed by atoms with Crippen LogP contribution in [-0.4, -0.2) is 46.5 Å². The minimum atomic E-state index is -5.08. The van der Waals surface area contributed by atoms with E-state index in [0.717, 1.165) is 29.4 Å². The van der Waals surface area contributed by atoms with Gasteiger partial charge in [-0.25, -0.2) is 9.18 Å². The molecular formula is C16H16F4N2O3. The van der Waals surface area contributed by atoms with Crippen molar-refractivity contribution in [2.75, 3.05) is 13.1 Å². The molecule has 1 fully saturated rings. The number of nitrogens with one attached hydrogen (secondary N) is 1. The highest BCUT2D eigenvalue weighted by atomic mass is 19.4. The molecule has 3 N–H and O–H groups in total. The number of piperidine rings is 1. The lowest BCUT2D eigenvalue weighted by molar-refractivity contribution is -0.192. The first-order valence-corrected chi connectivity index (χ1v) is 7.43. The van der Waals surface area contributed by atoms with Gasteiger partial charge in [0.1, 0.15) is 5.82 Å². The zero-order valence-corrected chi connectivity index (χ0v) is 12.9. The molecule has 5 nitrogen and oxygen atoms in total. The Hall–Kier alpha value is -2.26. The van der Waals surface area contributed by atoms with E-state index in [0.29, 0.717) is 6.54 Å². The molecule has 0 radical (unpaired) electrons. The number of hydrogen-bond donors (Lipinski definition) is 3. The summed E-state index contributed by atoms with van der Waals surface area (Å²) in [6.07, 6.45) is -2.92. The largest absolute Gasteiger partial charge is 0.490 e. The summed E-state index contributed by atoms with van der Waals surface area (Å²) in [6.45, 7) is 1.46. The van der Waals surface area contributed by atoms with Gasteiger partial charge in [-0.3, -0.25) is 4.98 Å². The number of halogens is 4. The van der Waals surface area contributed by atoms with E-state index in [1.807, 2.05) is 6.07 Å². The van der Waals surface area contributed by atoms with Crippen LogP contribution in [0.3, 0.4) is 0 Å². The lowest BCUT2D eigenvalue weighted by atomic mass is 9.86. The summed E-state index contributed by atoms with van der Waals surface area (Å²) < 4.78 is 45.1. The number of aliphatic carboxylic acids is 1. The number of β-amino-alcohol motifs (C(OH)–C–C–N with tert-alkyl or cyclic N) is 1. The summed E-state index contributed by atoms with van der Waals surface area (Å²) >= 11 is 0. The second-order valence-electron chi connectivity index (χ2n) is 5.53. The predicted molar refractivity (Wildman–Crippen MR) is 81.6 cm³/mol. The molecule has 25 heavy (non-hydrogen) atoms. The molecule has 2 atom stereocenters. The van der Waals surface area contributed by atoms with Gasteiger partial charge >= 0.3 is 12.1 Å². The SMILES string of the molecule is O=C(O)C(F)(F)F.O[C@@H]1CNCC[C@@H]1c1ccnc2ccc(F)cc12. The highest BCUT2D eigenvalue weighted by Gasteiger charge is 2.38. The molecule has 2 heterocycles. The smallest absolute Gasteiger partial charge is 0.475 e. The van der Waals surface area contributed by atoms with Crippen molar-refractivity contribution in [2.24, 2.45) is 0 Å². The van der Waals surface area contributed by atoms with Crippen molar-refractivity contribution in [2.45, 2.75) is 24.6 Å². The Morgan fingerprint density at radius 2 is 1.96 bits per heavy atom. The van der Waals surface area contributed by atoms with Gasteiger partial charge in [-0.2, -0.15) is 13.2 Å². The van der Waals surface area contributed by atoms with Crippen LogP contribution < -0.4 is 5.32 Å². The summed E-state index contributed by atoms with van der Waals surface area (Å²) in [5.74, 6) is -2.97. The topological polar surface area (TPSA) is 82.5 Å². The third-order valence-electron chi connectivity index (χ3n) is 3.83. The highest BCUT2D eigenvalue weighted by molar-refractivity contribution is 5.82. The first kappa shape index (κ1) is 19.1. The molecule has 0 unspecified atom stereocenters. The zero-order chi connectivity index (χ0) is 18.6. The Morgan fingerprint density at radius 3 is 2.56 bits per heavy atom. The Balaban J connectivity index is 0.000000277. The Bertz CT molecular complexity index is 752. The van der Waals surface area contributed by atoms with Crippen molar-refractivity contribution in [3.63, 3.8) is 0 Å². The zero-order valence-electron chi connectivity index (χ0n) is 12.9. The second kappa shape index (κ2) is 7.75. The lowest BCUT2D eigenvalue weighted by Crippen LogP contribution is -2.39. The number of nitrogens with zero attached hydrogens (tertiary/aromatic N) is 1. The molecule has 3 rings (SSSR count). The van der Waals surface area contributed by atoms with Crippen molar-refractivity contribution in [3.8, 4) is 0 Å². The maximum atomic E-state index is 13.4. The summed E-state index contributed by atoms with van der Waals surface area (Å²) in [5, 5.41) is 21.2. The number of aromatic nitrogens is 1. The Morgan fingerprint density at radius 1 is 1.28 bits per heavy atom. The molecule has 1 aromatic heterocycles. The fourth-order valence-corrected chi connectivity index (χ4v) is 2.67. The molecular weight excluding hydrogens is 344 g/mol. The van der Waals surface area contributed by atoms with Gasteiger partial charge in [0.2, 0.25) is 0 Å². The Kier molecular flexibility index (Phi) is 5.91. The van der Waals surface area contributed by atoms with Crippen LogP contribution >= 0.6 is 0 Å². The van der Waals surface area contributed by atoms with Crippen LogP contribution in [0.2, 0.25) is 0 Å². The number of benzene rings is 1. The summed E-state index contributed by atoms with van der Waals surface area (Å²) in [5.41, 5.74) is 1.77. The van der Waals surface area contributed by atoms with Crippen LogP contribution in [0.1, 0.15) is 17.9 Å². The van der Waals surface area contributed by atoms with E-state index < -0.39 is 18.2 Å². The fraction of sp³-hybridized carbons (Fsp3) is 0.375. The molecule has 2 aromatic rings. The van der Waals surface area contributed by atoms with E-state index in [4.69, 9.17) is 9.90 Å². The monoisotopic (exact) mass is 360 g/mol. The van der Waals surface area contributed by atoms with E-state index in [-0.39, 0.29) is 11.7 Å². The van der Waals surface area contributed by atoms with Gasteiger partial charge in [0.15, 0.2) is 0 Å². The first-order chi connectivity index (χ1) is 11.7. The van der Waals surface area contributed by atoms with Crippen molar-refractivity contribution >= 4 is 16.9 Å². The molecule has 0 amide bonds. The van der Waals surface area contributed by atoms with E-state index in [1.54, 1.807) is 12.3 Å². The van der Waals surface area contributed by atoms with Gasteiger partial charge in [0.05, 0.1) is 11.6 Å². The first-order valence-electron chi connectivity index (χ1n) is 7.43. The Labute approximate surface area is 140 Å². The van der Waals surface area contributed by atoms with Gasteiger partial charge < -0.3 is 15.5 Å². The molecule has 1 aliphatic heterocycles. The summed E-state index contributed by atoms with van der Waals surface area (Å²) in [6, 6.07) is 6.49. The summed E-state index contributed by atoms with van der Waals surface area (Å²) in [4.78, 5) is 13.1. The van der Waals surface area contributed by atoms with Gasteiger partial charge in [0, 0.05) is 24.0 Å². The molecule has 0 aliphatic carbocycles. The van der Waals surface area contributed by atoms with Crippen LogP contribution in [0.15, 0.2) is 30.5 Å². The molecule has 0 spiro atoms. The third-order valence-corrected chi connectivity index (χ3v) is 3.83. The maximum absolute atomic E-state index is 13.4. The van der Waals surface area contributed by atoms with E-state index in [1.165, 1.54) is 12.1 Å². The van der Waals surface area contributed by atoms with Gasteiger partial charge in [0.25, 0.3) is 0 Å². The van der Waals surface area contributed by atoms with Crippen LogP contribution in [0.4, 0.5) is 17.6 Å². The molecule has 1 saturated heterocycles. The van der Waals surface area contributed by atoms with Gasteiger partial charge in [-0.05, 0) is 42.8 Å². The number of hydrogen-bond acceptors (Lipinski definition) is 4. The van der Waals surface area contributed by atoms with E-state index in [9.17, 15) is 22.7 Å². The fourth-order valence-electron chi connectivity index (χ4n) is 2.67. The number of carboxylic acids is 1. The minimum absolute atomic E-state index is 0.0542. The maximum Gasteiger partial charge on any atom is 0.490 e. The number of fused-ring (bicyclic) bond motifs is 1. The molecule has 0 bridgehead atoms. The van der Waals surface area contributed by atoms with Crippen LogP contribution in [0, 0.1) is 5.82 Å². The van der Waals surface area contributed by atoms with Crippen molar-refractivity contribution in [3.05, 3.63) is 41.8 Å². The van der Waals surface area contributed by atoms with Gasteiger partial charge in [-0.15, -0.1) is 0 Å². The number of pyridine rings is 1. The normalized spacial score (nSPS) is 20.7. The number of aliphatic hydroxyl groups is 1. The molecule has 1 aromatic carbocycles. The van der Waals surface area contributed by atoms with E-state index in [2.05, 4.69) is 10.3 Å². The van der Waals surface area contributed by atoms with Gasteiger partial charge in [-0.1, -0.05) is 0 Å². The van der Waals surface area contributed by atoms with E-state index >= 15 is 0 Å². The van der Waals surface area contributed by atoms with Crippen LogP contribution in [0.25, 0.3) is 10.9 Å². The van der Waals surface area contributed by atoms with Crippen molar-refractivity contribution in [1.82, 2.24) is 10.3 Å². The minimum Gasteiger partial charge on any atom is -0.475 e. The number of carboxylic acid groups (broad SMARTS) is 1. The number of aliphatic hydroxyl groups excluding tert-OH is 1. The molecule has 1 aliphatic rings. The van der Waals surface area contributed by atoms with Crippen LogP contribution in [-0.2, 0) is 4.79 Å².